The van der Waals surface area contributed by atoms with Crippen molar-refractivity contribution < 1.29 is 9.90 Å². The number of aromatic nitrogens is 2. The van der Waals surface area contributed by atoms with Crippen molar-refractivity contribution in [3.05, 3.63) is 42.2 Å². The van der Waals surface area contributed by atoms with Gasteiger partial charge in [0.05, 0.1) is 0 Å². The molecule has 2 rings (SSSR count). The first-order valence-electron chi connectivity index (χ1n) is 4.09. The van der Waals surface area contributed by atoms with Crippen molar-refractivity contribution in [1.82, 2.24) is 9.78 Å². The summed E-state index contributed by atoms with van der Waals surface area (Å²) in [7, 11) is 0. The lowest BCUT2D eigenvalue weighted by Gasteiger charge is -2.04. The molecule has 1 aromatic heterocycles. The fourth-order valence-corrected chi connectivity index (χ4v) is 1.21. The zero-order valence-corrected chi connectivity index (χ0v) is 7.29. The van der Waals surface area contributed by atoms with Crippen LogP contribution in [-0.2, 0) is 0 Å². The van der Waals surface area contributed by atoms with E-state index >= 15 is 0 Å². The maximum absolute atomic E-state index is 10.5. The molecule has 0 aliphatic carbocycles. The van der Waals surface area contributed by atoms with E-state index in [-0.39, 0.29) is 5.75 Å². The molecule has 0 saturated carbocycles. The summed E-state index contributed by atoms with van der Waals surface area (Å²) >= 11 is 0. The molecule has 2 aromatic rings. The maximum atomic E-state index is 10.5. The Kier molecular flexibility index (Phi) is 2.02. The van der Waals surface area contributed by atoms with Gasteiger partial charge in [0.25, 0.3) is 0 Å². The van der Waals surface area contributed by atoms with Crippen LogP contribution in [0.15, 0.2) is 36.7 Å². The molecule has 1 heterocycles. The molecule has 0 unspecified atom stereocenters. The van der Waals surface area contributed by atoms with Gasteiger partial charge in [-0.2, -0.15) is 5.10 Å². The number of benzene rings is 1. The van der Waals surface area contributed by atoms with E-state index < -0.39 is 0 Å². The number of rotatable bonds is 2. The number of phenolic OH excluding ortho intramolecular Hbond substituents is 1. The second kappa shape index (κ2) is 3.33. The molecule has 4 nitrogen and oxygen atoms in total. The number of phenols is 1. The van der Waals surface area contributed by atoms with E-state index in [1.807, 2.05) is 0 Å². The third kappa shape index (κ3) is 1.37. The summed E-state index contributed by atoms with van der Waals surface area (Å²) in [4.78, 5) is 10.5. The Morgan fingerprint density at radius 2 is 2.29 bits per heavy atom. The molecule has 0 radical (unpaired) electrons. The molecule has 0 spiro atoms. The van der Waals surface area contributed by atoms with Crippen LogP contribution < -0.4 is 0 Å². The maximum Gasteiger partial charge on any atom is 0.150 e. The van der Waals surface area contributed by atoms with Gasteiger partial charge in [-0.25, -0.2) is 4.68 Å². The Balaban J connectivity index is 2.57. The number of aldehydes is 1. The summed E-state index contributed by atoms with van der Waals surface area (Å²) in [5.41, 5.74) is 1.01. The van der Waals surface area contributed by atoms with Crippen LogP contribution in [0, 0.1) is 0 Å². The number of aromatic hydroxyl groups is 1. The van der Waals surface area contributed by atoms with Gasteiger partial charge in [-0.15, -0.1) is 0 Å². The Morgan fingerprint density at radius 3 is 2.93 bits per heavy atom. The zero-order valence-electron chi connectivity index (χ0n) is 7.29. The topological polar surface area (TPSA) is 55.1 Å². The number of hydrogen-bond donors (Lipinski definition) is 1. The van der Waals surface area contributed by atoms with Gasteiger partial charge in [-0.05, 0) is 24.3 Å². The second-order valence-corrected chi connectivity index (χ2v) is 2.82. The second-order valence-electron chi connectivity index (χ2n) is 2.82. The summed E-state index contributed by atoms with van der Waals surface area (Å²) in [5.74, 6) is 0.0966. The van der Waals surface area contributed by atoms with Crippen molar-refractivity contribution in [3.63, 3.8) is 0 Å². The van der Waals surface area contributed by atoms with Gasteiger partial charge in [-0.1, -0.05) is 0 Å². The molecule has 0 saturated heterocycles. The van der Waals surface area contributed by atoms with Crippen LogP contribution in [0.4, 0.5) is 0 Å². The average Bonchev–Trinajstić information content (AvgIpc) is 2.71. The van der Waals surface area contributed by atoms with Crippen LogP contribution in [-0.4, -0.2) is 21.2 Å². The van der Waals surface area contributed by atoms with Gasteiger partial charge < -0.3 is 5.11 Å². The molecule has 0 aliphatic heterocycles. The van der Waals surface area contributed by atoms with E-state index in [4.69, 9.17) is 0 Å². The molecule has 0 amide bonds. The summed E-state index contributed by atoms with van der Waals surface area (Å²) in [6, 6.07) is 6.35. The van der Waals surface area contributed by atoms with E-state index in [2.05, 4.69) is 5.10 Å². The molecule has 1 N–H and O–H groups in total. The van der Waals surface area contributed by atoms with Crippen molar-refractivity contribution >= 4 is 6.29 Å². The molecule has 14 heavy (non-hydrogen) atoms. The molecule has 0 fully saturated rings. The Hall–Kier alpha value is -2.10. The highest BCUT2D eigenvalue weighted by Gasteiger charge is 2.04. The van der Waals surface area contributed by atoms with Crippen molar-refractivity contribution in [3.8, 4) is 11.4 Å². The minimum Gasteiger partial charge on any atom is -0.506 e. The average molecular weight is 188 g/mol. The zero-order chi connectivity index (χ0) is 9.97. The van der Waals surface area contributed by atoms with Crippen molar-refractivity contribution in [2.75, 3.05) is 0 Å². The molecular weight excluding hydrogens is 180 g/mol. The van der Waals surface area contributed by atoms with Crippen LogP contribution >= 0.6 is 0 Å². The fourth-order valence-electron chi connectivity index (χ4n) is 1.21. The monoisotopic (exact) mass is 188 g/mol. The highest BCUT2D eigenvalue weighted by molar-refractivity contribution is 5.76. The third-order valence-corrected chi connectivity index (χ3v) is 1.89. The summed E-state index contributed by atoms with van der Waals surface area (Å²) in [6.07, 6.45) is 4.03. The number of nitrogens with zero attached hydrogens (tertiary/aromatic N) is 2. The van der Waals surface area contributed by atoms with Gasteiger partial charge in [0.2, 0.25) is 0 Å². The standard InChI is InChI=1S/C10H8N2O2/c13-7-8-2-3-10(14)9(6-8)12-5-1-4-11-12/h1-7,14H. The molecule has 0 aliphatic rings. The van der Waals surface area contributed by atoms with E-state index in [9.17, 15) is 9.90 Å². The minimum absolute atomic E-state index is 0.0966. The molecular formula is C10H8N2O2. The van der Waals surface area contributed by atoms with Gasteiger partial charge in [0.15, 0.2) is 0 Å². The normalized spacial score (nSPS) is 10.0. The highest BCUT2D eigenvalue weighted by atomic mass is 16.3. The van der Waals surface area contributed by atoms with E-state index in [0.717, 1.165) is 6.29 Å². The molecule has 70 valence electrons. The lowest BCUT2D eigenvalue weighted by molar-refractivity contribution is 0.112. The summed E-state index contributed by atoms with van der Waals surface area (Å²) in [5, 5.41) is 13.5. The van der Waals surface area contributed by atoms with Crippen LogP contribution in [0.2, 0.25) is 0 Å². The predicted molar refractivity (Wildman–Crippen MR) is 50.6 cm³/mol. The largest absolute Gasteiger partial charge is 0.506 e. The minimum atomic E-state index is 0.0966. The lowest BCUT2D eigenvalue weighted by atomic mass is 10.2. The first kappa shape index (κ1) is 8.50. The van der Waals surface area contributed by atoms with Crippen LogP contribution in [0.25, 0.3) is 5.69 Å². The Bertz CT molecular complexity index is 449. The quantitative estimate of drug-likeness (QED) is 0.724. The Labute approximate surface area is 80.4 Å². The first-order chi connectivity index (χ1) is 6.81. The molecule has 4 heteroatoms. The summed E-state index contributed by atoms with van der Waals surface area (Å²) in [6.45, 7) is 0. The molecule has 0 atom stereocenters. The smallest absolute Gasteiger partial charge is 0.150 e. The van der Waals surface area contributed by atoms with E-state index in [1.54, 1.807) is 30.6 Å². The van der Waals surface area contributed by atoms with Gasteiger partial charge >= 0.3 is 0 Å². The number of carbonyl (C=O) groups excluding carboxylic acids is 1. The number of carbonyl (C=O) groups is 1. The van der Waals surface area contributed by atoms with Crippen molar-refractivity contribution in [2.24, 2.45) is 0 Å². The fraction of sp³-hybridized carbons (Fsp3) is 0. The van der Waals surface area contributed by atoms with E-state index in [1.165, 1.54) is 10.7 Å². The van der Waals surface area contributed by atoms with Crippen molar-refractivity contribution in [1.29, 1.82) is 0 Å². The lowest BCUT2D eigenvalue weighted by Crippen LogP contribution is -1.95. The number of hydrogen-bond acceptors (Lipinski definition) is 3. The van der Waals surface area contributed by atoms with E-state index in [0.29, 0.717) is 11.3 Å². The van der Waals surface area contributed by atoms with Crippen LogP contribution in [0.3, 0.4) is 0 Å². The van der Waals surface area contributed by atoms with Crippen molar-refractivity contribution in [2.45, 2.75) is 0 Å². The molecule has 0 bridgehead atoms. The Morgan fingerprint density at radius 1 is 1.43 bits per heavy atom. The first-order valence-corrected chi connectivity index (χ1v) is 4.09. The van der Waals surface area contributed by atoms with Crippen LogP contribution in [0.1, 0.15) is 10.4 Å². The third-order valence-electron chi connectivity index (χ3n) is 1.89. The summed E-state index contributed by atoms with van der Waals surface area (Å²) < 4.78 is 1.50. The predicted octanol–water partition coefficient (Wildman–Crippen LogP) is 1.39. The SMILES string of the molecule is O=Cc1ccc(O)c(-n2cccn2)c1. The highest BCUT2D eigenvalue weighted by Crippen LogP contribution is 2.21. The van der Waals surface area contributed by atoms with Gasteiger partial charge in [0, 0.05) is 18.0 Å². The van der Waals surface area contributed by atoms with Crippen LogP contribution in [0.5, 0.6) is 5.75 Å². The van der Waals surface area contributed by atoms with Gasteiger partial charge in [0.1, 0.15) is 17.7 Å². The molecule has 1 aromatic carbocycles. The van der Waals surface area contributed by atoms with Gasteiger partial charge in [-0.3, -0.25) is 4.79 Å².